The van der Waals surface area contributed by atoms with Gasteiger partial charge in [0.15, 0.2) is 0 Å². The Morgan fingerprint density at radius 3 is 2.48 bits per heavy atom. The highest BCUT2D eigenvalue weighted by Gasteiger charge is 2.11. The number of hydrogen-bond donors (Lipinski definition) is 3. The summed E-state index contributed by atoms with van der Waals surface area (Å²) in [5, 5.41) is 15.6. The molecule has 134 valence electrons. The SMILES string of the molecule is CCOc1ccccc1NC(=O)NCC(O)c1ccc(N(C)C)cc1. The van der Waals surface area contributed by atoms with E-state index >= 15 is 0 Å². The normalized spacial score (nSPS) is 11.5. The second kappa shape index (κ2) is 8.94. The van der Waals surface area contributed by atoms with Crippen LogP contribution in [0.5, 0.6) is 5.75 Å². The minimum absolute atomic E-state index is 0.115. The summed E-state index contributed by atoms with van der Waals surface area (Å²) in [5.41, 5.74) is 2.39. The number of urea groups is 1. The van der Waals surface area contributed by atoms with Gasteiger partial charge in [0.2, 0.25) is 0 Å². The van der Waals surface area contributed by atoms with Gasteiger partial charge in [-0.05, 0) is 36.8 Å². The number of aliphatic hydroxyl groups is 1. The predicted molar refractivity (Wildman–Crippen MR) is 100 cm³/mol. The van der Waals surface area contributed by atoms with Gasteiger partial charge >= 0.3 is 6.03 Å². The summed E-state index contributed by atoms with van der Waals surface area (Å²) in [6.07, 6.45) is -0.774. The van der Waals surface area contributed by atoms with Crippen molar-refractivity contribution in [3.8, 4) is 5.75 Å². The molecule has 0 aliphatic carbocycles. The molecule has 0 aromatic heterocycles. The van der Waals surface area contributed by atoms with Gasteiger partial charge in [0.25, 0.3) is 0 Å². The summed E-state index contributed by atoms with van der Waals surface area (Å²) in [4.78, 5) is 14.0. The van der Waals surface area contributed by atoms with Crippen LogP contribution in [0.25, 0.3) is 0 Å². The number of carbonyl (C=O) groups excluding carboxylic acids is 1. The Bertz CT molecular complexity index is 687. The van der Waals surface area contributed by atoms with Gasteiger partial charge in [0.05, 0.1) is 18.4 Å². The van der Waals surface area contributed by atoms with Crippen molar-refractivity contribution in [1.82, 2.24) is 5.32 Å². The van der Waals surface area contributed by atoms with Gasteiger partial charge in [-0.3, -0.25) is 0 Å². The minimum atomic E-state index is -0.774. The molecule has 2 aromatic rings. The van der Waals surface area contributed by atoms with Crippen molar-refractivity contribution >= 4 is 17.4 Å². The van der Waals surface area contributed by atoms with Crippen LogP contribution in [-0.2, 0) is 0 Å². The number of nitrogens with one attached hydrogen (secondary N) is 2. The molecule has 0 bridgehead atoms. The van der Waals surface area contributed by atoms with E-state index in [1.165, 1.54) is 0 Å². The average molecular weight is 343 g/mol. The number of carbonyl (C=O) groups is 1. The van der Waals surface area contributed by atoms with Crippen molar-refractivity contribution < 1.29 is 14.6 Å². The summed E-state index contributed by atoms with van der Waals surface area (Å²) >= 11 is 0. The fourth-order valence-electron chi connectivity index (χ4n) is 2.32. The summed E-state index contributed by atoms with van der Waals surface area (Å²) in [6.45, 7) is 2.51. The smallest absolute Gasteiger partial charge is 0.319 e. The van der Waals surface area contributed by atoms with E-state index in [0.29, 0.717) is 18.0 Å². The third kappa shape index (κ3) is 5.39. The maximum atomic E-state index is 12.1. The molecule has 3 N–H and O–H groups in total. The first-order valence-corrected chi connectivity index (χ1v) is 8.23. The molecule has 2 rings (SSSR count). The first-order chi connectivity index (χ1) is 12.0. The topological polar surface area (TPSA) is 73.8 Å². The predicted octanol–water partition coefficient (Wildman–Crippen LogP) is 3.01. The molecule has 6 heteroatoms. The zero-order valence-corrected chi connectivity index (χ0v) is 14.8. The second-order valence-corrected chi connectivity index (χ2v) is 5.77. The van der Waals surface area contributed by atoms with Gasteiger partial charge in [-0.15, -0.1) is 0 Å². The average Bonchev–Trinajstić information content (AvgIpc) is 2.61. The zero-order chi connectivity index (χ0) is 18.2. The molecule has 0 saturated heterocycles. The lowest BCUT2D eigenvalue weighted by atomic mass is 10.1. The van der Waals surface area contributed by atoms with Crippen LogP contribution in [0.2, 0.25) is 0 Å². The van der Waals surface area contributed by atoms with Crippen LogP contribution >= 0.6 is 0 Å². The van der Waals surface area contributed by atoms with Crippen molar-refractivity contribution in [3.05, 3.63) is 54.1 Å². The lowest BCUT2D eigenvalue weighted by Gasteiger charge is -2.16. The molecule has 6 nitrogen and oxygen atoms in total. The van der Waals surface area contributed by atoms with Gasteiger partial charge in [-0.1, -0.05) is 24.3 Å². The first kappa shape index (κ1) is 18.6. The molecular weight excluding hydrogens is 318 g/mol. The molecule has 0 radical (unpaired) electrons. The Kier molecular flexibility index (Phi) is 6.65. The van der Waals surface area contributed by atoms with Gasteiger partial charge in [-0.2, -0.15) is 0 Å². The molecule has 1 atom stereocenters. The fourth-order valence-corrected chi connectivity index (χ4v) is 2.32. The monoisotopic (exact) mass is 343 g/mol. The molecule has 2 amide bonds. The van der Waals surface area contributed by atoms with E-state index in [0.717, 1.165) is 11.3 Å². The molecule has 0 spiro atoms. The van der Waals surface area contributed by atoms with Crippen LogP contribution in [0.4, 0.5) is 16.2 Å². The Balaban J connectivity index is 1.89. The zero-order valence-electron chi connectivity index (χ0n) is 14.8. The maximum Gasteiger partial charge on any atom is 0.319 e. The third-order valence-corrected chi connectivity index (χ3v) is 3.69. The second-order valence-electron chi connectivity index (χ2n) is 5.77. The van der Waals surface area contributed by atoms with Gasteiger partial charge < -0.3 is 25.4 Å². The van der Waals surface area contributed by atoms with Crippen LogP contribution in [0, 0.1) is 0 Å². The van der Waals surface area contributed by atoms with E-state index in [1.807, 2.05) is 62.3 Å². The number of amides is 2. The molecule has 0 saturated carbocycles. The Morgan fingerprint density at radius 2 is 1.84 bits per heavy atom. The number of aliphatic hydroxyl groups excluding tert-OH is 1. The third-order valence-electron chi connectivity index (χ3n) is 3.69. The Labute approximate surface area is 148 Å². The number of nitrogens with zero attached hydrogens (tertiary/aromatic N) is 1. The highest BCUT2D eigenvalue weighted by atomic mass is 16.5. The molecule has 0 aliphatic rings. The first-order valence-electron chi connectivity index (χ1n) is 8.23. The summed E-state index contributed by atoms with van der Waals surface area (Å²) in [5.74, 6) is 0.611. The van der Waals surface area contributed by atoms with Crippen LogP contribution in [-0.4, -0.2) is 38.4 Å². The van der Waals surface area contributed by atoms with Gasteiger partial charge in [-0.25, -0.2) is 4.79 Å². The Morgan fingerprint density at radius 1 is 1.16 bits per heavy atom. The van der Waals surface area contributed by atoms with E-state index < -0.39 is 12.1 Å². The molecule has 0 heterocycles. The van der Waals surface area contributed by atoms with E-state index in [4.69, 9.17) is 4.74 Å². The van der Waals surface area contributed by atoms with Gasteiger partial charge in [0, 0.05) is 26.3 Å². The van der Waals surface area contributed by atoms with Crippen molar-refractivity contribution in [2.24, 2.45) is 0 Å². The van der Waals surface area contributed by atoms with E-state index in [9.17, 15) is 9.90 Å². The lowest BCUT2D eigenvalue weighted by molar-refractivity contribution is 0.175. The van der Waals surface area contributed by atoms with Crippen LogP contribution < -0.4 is 20.3 Å². The molecule has 0 fully saturated rings. The minimum Gasteiger partial charge on any atom is -0.492 e. The van der Waals surface area contributed by atoms with E-state index in [-0.39, 0.29) is 6.54 Å². The quantitative estimate of drug-likeness (QED) is 0.722. The van der Waals surface area contributed by atoms with Crippen LogP contribution in [0.1, 0.15) is 18.6 Å². The summed E-state index contributed by atoms with van der Waals surface area (Å²) in [7, 11) is 3.91. The Hall–Kier alpha value is -2.73. The standard InChI is InChI=1S/C19H25N3O3/c1-4-25-18-8-6-5-7-16(18)21-19(24)20-13-17(23)14-9-11-15(12-10-14)22(2)3/h5-12,17,23H,4,13H2,1-3H3,(H2,20,21,24). The molecule has 0 aliphatic heterocycles. The number of ether oxygens (including phenoxy) is 1. The van der Waals surface area contributed by atoms with Crippen molar-refractivity contribution in [3.63, 3.8) is 0 Å². The number of benzene rings is 2. The highest BCUT2D eigenvalue weighted by molar-refractivity contribution is 5.90. The number of hydrogen-bond acceptors (Lipinski definition) is 4. The van der Waals surface area contributed by atoms with Crippen molar-refractivity contribution in [2.75, 3.05) is 37.5 Å². The van der Waals surface area contributed by atoms with Crippen LogP contribution in [0.3, 0.4) is 0 Å². The fraction of sp³-hybridized carbons (Fsp3) is 0.316. The summed E-state index contributed by atoms with van der Waals surface area (Å²) in [6, 6.07) is 14.4. The number of anilines is 2. The lowest BCUT2D eigenvalue weighted by Crippen LogP contribution is -2.32. The molecule has 25 heavy (non-hydrogen) atoms. The number of rotatable bonds is 7. The van der Waals surface area contributed by atoms with Crippen molar-refractivity contribution in [2.45, 2.75) is 13.0 Å². The van der Waals surface area contributed by atoms with Crippen molar-refractivity contribution in [1.29, 1.82) is 0 Å². The molecular formula is C19H25N3O3. The summed E-state index contributed by atoms with van der Waals surface area (Å²) < 4.78 is 5.47. The highest BCUT2D eigenvalue weighted by Crippen LogP contribution is 2.23. The molecule has 1 unspecified atom stereocenters. The maximum absolute atomic E-state index is 12.1. The van der Waals surface area contributed by atoms with Crippen LogP contribution in [0.15, 0.2) is 48.5 Å². The van der Waals surface area contributed by atoms with E-state index in [2.05, 4.69) is 10.6 Å². The van der Waals surface area contributed by atoms with E-state index in [1.54, 1.807) is 12.1 Å². The number of para-hydroxylation sites is 2. The molecule has 2 aromatic carbocycles. The largest absolute Gasteiger partial charge is 0.492 e. The van der Waals surface area contributed by atoms with Gasteiger partial charge in [0.1, 0.15) is 5.75 Å².